The van der Waals surface area contributed by atoms with Crippen molar-refractivity contribution < 1.29 is 9.59 Å². The third-order valence-corrected chi connectivity index (χ3v) is 5.96. The minimum Gasteiger partial charge on any atom is -0.342 e. The van der Waals surface area contributed by atoms with Crippen LogP contribution in [0.25, 0.3) is 0 Å². The second-order valence-corrected chi connectivity index (χ2v) is 8.22. The van der Waals surface area contributed by atoms with Crippen molar-refractivity contribution in [3.05, 3.63) is 59.1 Å². The highest BCUT2D eigenvalue weighted by molar-refractivity contribution is 9.10. The summed E-state index contributed by atoms with van der Waals surface area (Å²) in [5.41, 5.74) is 0.821. The molecule has 1 aliphatic rings. The minimum atomic E-state index is -0.0293. The SMILES string of the molecule is O=C(Nc1ccccc1)C1CCN(C(=O)CSc2ccc(Br)cc2)CC1. The van der Waals surface area contributed by atoms with Crippen LogP contribution in [-0.2, 0) is 9.59 Å². The number of halogens is 1. The molecule has 0 spiro atoms. The number of likely N-dealkylation sites (tertiary alicyclic amines) is 1. The first-order valence-corrected chi connectivity index (χ1v) is 10.4. The Bertz CT molecular complexity index is 744. The van der Waals surface area contributed by atoms with Gasteiger partial charge < -0.3 is 10.2 Å². The highest BCUT2D eigenvalue weighted by Gasteiger charge is 2.27. The third-order valence-electron chi connectivity index (χ3n) is 4.44. The Labute approximate surface area is 166 Å². The average molecular weight is 433 g/mol. The first kappa shape index (κ1) is 19.0. The number of anilines is 1. The van der Waals surface area contributed by atoms with Crippen molar-refractivity contribution >= 4 is 45.2 Å². The van der Waals surface area contributed by atoms with Crippen LogP contribution in [0.4, 0.5) is 5.69 Å². The smallest absolute Gasteiger partial charge is 0.232 e. The van der Waals surface area contributed by atoms with E-state index in [1.807, 2.05) is 59.5 Å². The molecule has 2 aromatic carbocycles. The summed E-state index contributed by atoms with van der Waals surface area (Å²) < 4.78 is 1.03. The maximum Gasteiger partial charge on any atom is 0.232 e. The number of nitrogens with zero attached hydrogens (tertiary/aromatic N) is 1. The van der Waals surface area contributed by atoms with Crippen LogP contribution < -0.4 is 5.32 Å². The van der Waals surface area contributed by atoms with E-state index in [2.05, 4.69) is 21.2 Å². The molecule has 0 aromatic heterocycles. The molecular formula is C20H21BrN2O2S. The number of nitrogens with one attached hydrogen (secondary N) is 1. The van der Waals surface area contributed by atoms with Crippen molar-refractivity contribution in [2.75, 3.05) is 24.2 Å². The summed E-state index contributed by atoms with van der Waals surface area (Å²) in [6.45, 7) is 1.29. The van der Waals surface area contributed by atoms with Gasteiger partial charge >= 0.3 is 0 Å². The zero-order chi connectivity index (χ0) is 18.4. The summed E-state index contributed by atoms with van der Waals surface area (Å²) in [5, 5.41) is 2.96. The van der Waals surface area contributed by atoms with Gasteiger partial charge in [-0.25, -0.2) is 0 Å². The van der Waals surface area contributed by atoms with Gasteiger partial charge in [0, 0.05) is 34.1 Å². The van der Waals surface area contributed by atoms with Crippen LogP contribution >= 0.6 is 27.7 Å². The average Bonchev–Trinajstić information content (AvgIpc) is 2.68. The summed E-state index contributed by atoms with van der Waals surface area (Å²) in [4.78, 5) is 27.7. The van der Waals surface area contributed by atoms with Gasteiger partial charge in [0.1, 0.15) is 0 Å². The fourth-order valence-electron chi connectivity index (χ4n) is 2.92. The largest absolute Gasteiger partial charge is 0.342 e. The number of benzene rings is 2. The number of rotatable bonds is 5. The number of hydrogen-bond donors (Lipinski definition) is 1. The summed E-state index contributed by atoms with van der Waals surface area (Å²) in [7, 11) is 0. The molecule has 1 N–H and O–H groups in total. The number of hydrogen-bond acceptors (Lipinski definition) is 3. The van der Waals surface area contributed by atoms with Crippen molar-refractivity contribution in [3.63, 3.8) is 0 Å². The molecule has 1 saturated heterocycles. The molecule has 26 heavy (non-hydrogen) atoms. The maximum atomic E-state index is 12.4. The van der Waals surface area contributed by atoms with Crippen LogP contribution in [0.3, 0.4) is 0 Å². The van der Waals surface area contributed by atoms with Gasteiger partial charge in [-0.15, -0.1) is 11.8 Å². The van der Waals surface area contributed by atoms with E-state index in [9.17, 15) is 9.59 Å². The van der Waals surface area contributed by atoms with Crippen molar-refractivity contribution in [1.82, 2.24) is 4.90 Å². The molecule has 1 heterocycles. The van der Waals surface area contributed by atoms with E-state index >= 15 is 0 Å². The summed E-state index contributed by atoms with van der Waals surface area (Å²) in [6.07, 6.45) is 1.43. The van der Waals surface area contributed by atoms with Crippen LogP contribution in [0.5, 0.6) is 0 Å². The number of thioether (sulfide) groups is 1. The summed E-state index contributed by atoms with van der Waals surface area (Å²) >= 11 is 4.96. The van der Waals surface area contributed by atoms with Gasteiger partial charge in [-0.1, -0.05) is 34.1 Å². The van der Waals surface area contributed by atoms with Crippen LogP contribution in [-0.4, -0.2) is 35.6 Å². The van der Waals surface area contributed by atoms with E-state index < -0.39 is 0 Å². The molecule has 0 unspecified atom stereocenters. The monoisotopic (exact) mass is 432 g/mol. The van der Waals surface area contributed by atoms with Gasteiger partial charge in [0.05, 0.1) is 5.75 Å². The lowest BCUT2D eigenvalue weighted by atomic mass is 9.96. The molecule has 6 heteroatoms. The summed E-state index contributed by atoms with van der Waals surface area (Å²) in [6, 6.07) is 17.5. The molecule has 0 radical (unpaired) electrons. The molecule has 0 atom stereocenters. The number of carbonyl (C=O) groups is 2. The van der Waals surface area contributed by atoms with Gasteiger partial charge in [0.2, 0.25) is 11.8 Å². The van der Waals surface area contributed by atoms with Crippen LogP contribution in [0.15, 0.2) is 64.0 Å². The lowest BCUT2D eigenvalue weighted by Crippen LogP contribution is -2.42. The Kier molecular flexibility index (Phi) is 6.74. The maximum absolute atomic E-state index is 12.4. The molecule has 2 aromatic rings. The molecule has 0 aliphatic carbocycles. The Morgan fingerprint density at radius 3 is 2.35 bits per heavy atom. The Balaban J connectivity index is 1.43. The van der Waals surface area contributed by atoms with E-state index in [0.29, 0.717) is 31.7 Å². The molecule has 4 nitrogen and oxygen atoms in total. The lowest BCUT2D eigenvalue weighted by molar-refractivity contribution is -0.132. The van der Waals surface area contributed by atoms with Crippen molar-refractivity contribution in [2.45, 2.75) is 17.7 Å². The predicted octanol–water partition coefficient (Wildman–Crippen LogP) is 4.42. The molecule has 0 saturated carbocycles. The summed E-state index contributed by atoms with van der Waals surface area (Å²) in [5.74, 6) is 0.591. The fourth-order valence-corrected chi connectivity index (χ4v) is 3.99. The minimum absolute atomic E-state index is 0.0293. The molecule has 2 amide bonds. The standard InChI is InChI=1S/C20H21BrN2O2S/c21-16-6-8-18(9-7-16)26-14-19(24)23-12-10-15(11-13-23)20(25)22-17-4-2-1-3-5-17/h1-9,15H,10-14H2,(H,22,25). The van der Waals surface area contributed by atoms with Crippen LogP contribution in [0.2, 0.25) is 0 Å². The molecule has 1 aliphatic heterocycles. The van der Waals surface area contributed by atoms with Gasteiger partial charge in [-0.2, -0.15) is 0 Å². The second-order valence-electron chi connectivity index (χ2n) is 6.25. The highest BCUT2D eigenvalue weighted by Crippen LogP contribution is 2.23. The zero-order valence-electron chi connectivity index (χ0n) is 14.4. The van der Waals surface area contributed by atoms with E-state index in [1.54, 1.807) is 11.8 Å². The Hall–Kier alpha value is -1.79. The van der Waals surface area contributed by atoms with E-state index in [-0.39, 0.29) is 17.7 Å². The van der Waals surface area contributed by atoms with Crippen LogP contribution in [0.1, 0.15) is 12.8 Å². The topological polar surface area (TPSA) is 49.4 Å². The first-order chi connectivity index (χ1) is 12.6. The van der Waals surface area contributed by atoms with E-state index in [4.69, 9.17) is 0 Å². The van der Waals surface area contributed by atoms with Gasteiger partial charge in [0.15, 0.2) is 0 Å². The van der Waals surface area contributed by atoms with Crippen molar-refractivity contribution in [2.24, 2.45) is 5.92 Å². The van der Waals surface area contributed by atoms with E-state index in [1.165, 1.54) is 0 Å². The van der Waals surface area contributed by atoms with Crippen LogP contribution in [0, 0.1) is 5.92 Å². The second kappa shape index (κ2) is 9.24. The van der Waals surface area contributed by atoms with E-state index in [0.717, 1.165) is 15.1 Å². The van der Waals surface area contributed by atoms with Gasteiger partial charge in [-0.05, 0) is 49.2 Å². The molecular weight excluding hydrogens is 412 g/mol. The van der Waals surface area contributed by atoms with Gasteiger partial charge in [0.25, 0.3) is 0 Å². The molecule has 136 valence electrons. The number of para-hydroxylation sites is 1. The Morgan fingerprint density at radius 2 is 1.69 bits per heavy atom. The molecule has 3 rings (SSSR count). The van der Waals surface area contributed by atoms with Crippen molar-refractivity contribution in [3.8, 4) is 0 Å². The normalized spacial score (nSPS) is 14.9. The third kappa shape index (κ3) is 5.35. The number of carbonyl (C=O) groups excluding carboxylic acids is 2. The quantitative estimate of drug-likeness (QED) is 0.711. The molecule has 0 bridgehead atoms. The molecule has 1 fully saturated rings. The predicted molar refractivity (Wildman–Crippen MR) is 109 cm³/mol. The number of piperidine rings is 1. The first-order valence-electron chi connectivity index (χ1n) is 8.64. The highest BCUT2D eigenvalue weighted by atomic mass is 79.9. The fraction of sp³-hybridized carbons (Fsp3) is 0.300. The lowest BCUT2D eigenvalue weighted by Gasteiger charge is -2.31. The van der Waals surface area contributed by atoms with Crippen molar-refractivity contribution in [1.29, 1.82) is 0 Å². The Morgan fingerprint density at radius 1 is 1.04 bits per heavy atom. The number of amides is 2. The van der Waals surface area contributed by atoms with Gasteiger partial charge in [-0.3, -0.25) is 9.59 Å². The zero-order valence-corrected chi connectivity index (χ0v) is 16.8.